The molecule has 43 heavy (non-hydrogen) atoms. The molecule has 11 nitrogen and oxygen atoms in total. The number of aromatic nitrogens is 2. The average molecular weight is 622 g/mol. The number of hydrogen-bond donors (Lipinski definition) is 4. The van der Waals surface area contributed by atoms with Crippen molar-refractivity contribution >= 4 is 23.7 Å². The van der Waals surface area contributed by atoms with Crippen LogP contribution in [0.3, 0.4) is 0 Å². The SMILES string of the molecule is CN(C)CCOc1cccc(CN(C)C(=O)Nc2ccc(-c3cn[nH]c3)cc2)c1.O=C(O)C(F)(F)F.O=C(O)C(F)(F)F. The summed E-state index contributed by atoms with van der Waals surface area (Å²) in [6, 6.07) is 15.3. The largest absolute Gasteiger partial charge is 0.492 e. The molecule has 0 spiro atoms. The highest BCUT2D eigenvalue weighted by Gasteiger charge is 2.38. The number of carboxylic acids is 2. The van der Waals surface area contributed by atoms with Crippen LogP contribution in [-0.4, -0.2) is 94.8 Å². The number of benzene rings is 2. The number of rotatable bonds is 8. The van der Waals surface area contributed by atoms with Crippen molar-refractivity contribution < 1.29 is 55.7 Å². The predicted octanol–water partition coefficient (Wildman–Crippen LogP) is 4.95. The van der Waals surface area contributed by atoms with Gasteiger partial charge in [0.2, 0.25) is 0 Å². The van der Waals surface area contributed by atoms with Crippen LogP contribution in [0.4, 0.5) is 36.8 Å². The van der Waals surface area contributed by atoms with Crippen LogP contribution >= 0.6 is 0 Å². The Morgan fingerprint density at radius 3 is 1.93 bits per heavy atom. The zero-order valence-electron chi connectivity index (χ0n) is 23.0. The summed E-state index contributed by atoms with van der Waals surface area (Å²) in [4.78, 5) is 34.0. The number of alkyl halides is 6. The van der Waals surface area contributed by atoms with Crippen LogP contribution in [0.15, 0.2) is 60.9 Å². The second kappa shape index (κ2) is 16.6. The minimum absolute atomic E-state index is 0.167. The van der Waals surface area contributed by atoms with Crippen molar-refractivity contribution in [2.75, 3.05) is 39.6 Å². The number of hydrogen-bond acceptors (Lipinski definition) is 6. The molecule has 3 rings (SSSR count). The number of ether oxygens (including phenoxy) is 1. The molecule has 0 fully saturated rings. The number of carbonyl (C=O) groups is 3. The van der Waals surface area contributed by atoms with E-state index in [-0.39, 0.29) is 6.03 Å². The van der Waals surface area contributed by atoms with E-state index >= 15 is 0 Å². The highest BCUT2D eigenvalue weighted by molar-refractivity contribution is 5.89. The van der Waals surface area contributed by atoms with Gasteiger partial charge in [0.25, 0.3) is 0 Å². The van der Waals surface area contributed by atoms with Gasteiger partial charge in [0.15, 0.2) is 0 Å². The lowest BCUT2D eigenvalue weighted by Crippen LogP contribution is -2.30. The molecule has 0 radical (unpaired) electrons. The van der Waals surface area contributed by atoms with Gasteiger partial charge in [-0.15, -0.1) is 0 Å². The zero-order valence-corrected chi connectivity index (χ0v) is 23.0. The summed E-state index contributed by atoms with van der Waals surface area (Å²) < 4.78 is 69.2. The van der Waals surface area contributed by atoms with Crippen molar-refractivity contribution in [3.8, 4) is 16.9 Å². The molecule has 0 aliphatic rings. The molecule has 0 atom stereocenters. The van der Waals surface area contributed by atoms with Gasteiger partial charge in [-0.1, -0.05) is 24.3 Å². The Kier molecular flexibility index (Phi) is 14.0. The standard InChI is InChI=1S/C22H27N5O2.2C2HF3O2/c1-26(2)11-12-29-21-6-4-5-17(13-21)16-27(3)22(28)25-20-9-7-18(8-10-20)19-14-23-24-15-19;2*3-2(4,5)1(6)7/h4-10,13-15H,11-12,16H2,1-3H3,(H,23,24)(H,25,28);2*(H,6,7). The van der Waals surface area contributed by atoms with E-state index in [9.17, 15) is 31.1 Å². The van der Waals surface area contributed by atoms with Crippen molar-refractivity contribution in [1.82, 2.24) is 20.0 Å². The maximum Gasteiger partial charge on any atom is 0.490 e. The lowest BCUT2D eigenvalue weighted by molar-refractivity contribution is -0.193. The molecule has 0 unspecified atom stereocenters. The Bertz CT molecular complexity index is 1280. The van der Waals surface area contributed by atoms with E-state index in [0.29, 0.717) is 13.2 Å². The Morgan fingerprint density at radius 1 is 0.907 bits per heavy atom. The minimum atomic E-state index is -5.08. The second-order valence-corrected chi connectivity index (χ2v) is 8.76. The van der Waals surface area contributed by atoms with Gasteiger partial charge in [-0.2, -0.15) is 31.4 Å². The number of nitrogens with one attached hydrogen (secondary N) is 2. The number of carboxylic acid groups (broad SMARTS) is 2. The zero-order chi connectivity index (χ0) is 32.8. The fraction of sp³-hybridized carbons (Fsp3) is 0.308. The molecule has 1 aromatic heterocycles. The third-order valence-corrected chi connectivity index (χ3v) is 4.92. The van der Waals surface area contributed by atoms with Crippen molar-refractivity contribution in [3.63, 3.8) is 0 Å². The molecule has 0 aliphatic heterocycles. The van der Waals surface area contributed by atoms with E-state index in [4.69, 9.17) is 24.5 Å². The lowest BCUT2D eigenvalue weighted by atomic mass is 10.1. The van der Waals surface area contributed by atoms with E-state index in [2.05, 4.69) is 20.4 Å². The van der Waals surface area contributed by atoms with Gasteiger partial charge < -0.3 is 30.1 Å². The predicted molar refractivity (Wildman–Crippen MR) is 142 cm³/mol. The number of likely N-dealkylation sites (N-methyl/N-ethyl adjacent to an activating group) is 1. The molecule has 17 heteroatoms. The highest BCUT2D eigenvalue weighted by Crippen LogP contribution is 2.21. The van der Waals surface area contributed by atoms with Crippen molar-refractivity contribution in [2.24, 2.45) is 0 Å². The van der Waals surface area contributed by atoms with Crippen LogP contribution in [0.1, 0.15) is 5.56 Å². The fourth-order valence-electron chi connectivity index (χ4n) is 2.80. The van der Waals surface area contributed by atoms with Crippen LogP contribution in [0, 0.1) is 0 Å². The van der Waals surface area contributed by atoms with Crippen LogP contribution in [0.5, 0.6) is 5.75 Å². The molecule has 2 aromatic carbocycles. The van der Waals surface area contributed by atoms with E-state index in [1.807, 2.05) is 68.8 Å². The first-order valence-corrected chi connectivity index (χ1v) is 12.0. The Morgan fingerprint density at radius 2 is 1.47 bits per heavy atom. The molecule has 3 aromatic rings. The van der Waals surface area contributed by atoms with Crippen LogP contribution in [-0.2, 0) is 16.1 Å². The maximum absolute atomic E-state index is 12.5. The molecule has 0 bridgehead atoms. The van der Waals surface area contributed by atoms with E-state index in [0.717, 1.165) is 34.7 Å². The summed E-state index contributed by atoms with van der Waals surface area (Å²) in [6.07, 6.45) is -6.57. The topological polar surface area (TPSA) is 148 Å². The van der Waals surface area contributed by atoms with Crippen LogP contribution < -0.4 is 10.1 Å². The Balaban J connectivity index is 0.000000548. The number of urea groups is 1. The quantitative estimate of drug-likeness (QED) is 0.259. The molecule has 0 saturated heterocycles. The number of halogens is 6. The number of anilines is 1. The molecule has 2 amide bonds. The van der Waals surface area contributed by atoms with Gasteiger partial charge in [-0.05, 0) is 49.5 Å². The number of aromatic amines is 1. The second-order valence-electron chi connectivity index (χ2n) is 8.76. The normalized spacial score (nSPS) is 10.9. The van der Waals surface area contributed by atoms with Gasteiger partial charge >= 0.3 is 30.3 Å². The molecule has 236 valence electrons. The van der Waals surface area contributed by atoms with Crippen LogP contribution in [0.25, 0.3) is 11.1 Å². The lowest BCUT2D eigenvalue weighted by Gasteiger charge is -2.19. The number of H-pyrrole nitrogens is 1. The summed E-state index contributed by atoms with van der Waals surface area (Å²) in [5.74, 6) is -4.70. The molecule has 4 N–H and O–H groups in total. The fourth-order valence-corrected chi connectivity index (χ4v) is 2.80. The first-order chi connectivity index (χ1) is 19.9. The molecule has 0 aliphatic carbocycles. The maximum atomic E-state index is 12.5. The number of amides is 2. The van der Waals surface area contributed by atoms with Gasteiger partial charge in [-0.25, -0.2) is 14.4 Å². The third kappa shape index (κ3) is 14.6. The van der Waals surface area contributed by atoms with E-state index in [1.54, 1.807) is 18.1 Å². The first kappa shape index (κ1) is 36.2. The Hall–Kier alpha value is -4.80. The smallest absolute Gasteiger partial charge is 0.490 e. The summed E-state index contributed by atoms with van der Waals surface area (Å²) in [6.45, 7) is 1.97. The van der Waals surface area contributed by atoms with Gasteiger partial charge in [0.05, 0.1) is 6.20 Å². The van der Waals surface area contributed by atoms with Crippen molar-refractivity contribution in [2.45, 2.75) is 18.9 Å². The summed E-state index contributed by atoms with van der Waals surface area (Å²) >= 11 is 0. The number of nitrogens with zero attached hydrogens (tertiary/aromatic N) is 3. The third-order valence-electron chi connectivity index (χ3n) is 4.92. The van der Waals surface area contributed by atoms with Crippen LogP contribution in [0.2, 0.25) is 0 Å². The molecule has 1 heterocycles. The monoisotopic (exact) mass is 621 g/mol. The molecular formula is C26H29F6N5O6. The highest BCUT2D eigenvalue weighted by atomic mass is 19.4. The molecule has 0 saturated carbocycles. The summed E-state index contributed by atoms with van der Waals surface area (Å²) in [5.41, 5.74) is 3.80. The van der Waals surface area contributed by atoms with E-state index < -0.39 is 24.3 Å². The van der Waals surface area contributed by atoms with Crippen molar-refractivity contribution in [1.29, 1.82) is 0 Å². The van der Waals surface area contributed by atoms with Gasteiger partial charge in [0, 0.05) is 37.6 Å². The van der Waals surface area contributed by atoms with Gasteiger partial charge in [0.1, 0.15) is 12.4 Å². The first-order valence-electron chi connectivity index (χ1n) is 12.0. The Labute approximate surface area is 241 Å². The summed E-state index contributed by atoms with van der Waals surface area (Å²) in [7, 11) is 5.80. The number of aliphatic carboxylic acids is 2. The minimum Gasteiger partial charge on any atom is -0.492 e. The van der Waals surface area contributed by atoms with Gasteiger partial charge in [-0.3, -0.25) is 5.10 Å². The van der Waals surface area contributed by atoms with E-state index in [1.165, 1.54) is 0 Å². The molecular weight excluding hydrogens is 592 g/mol. The van der Waals surface area contributed by atoms with Crippen molar-refractivity contribution in [3.05, 3.63) is 66.5 Å². The number of carbonyl (C=O) groups excluding carboxylic acids is 1. The summed E-state index contributed by atoms with van der Waals surface area (Å²) in [5, 5.41) is 23.9. The average Bonchev–Trinajstić information content (AvgIpc) is 3.44.